The fraction of sp³-hybridized carbons (Fsp3) is 0.489. The summed E-state index contributed by atoms with van der Waals surface area (Å²) in [6.07, 6.45) is 6.56. The first-order valence-corrected chi connectivity index (χ1v) is 20.9. The number of phenolic OH excluding ortho intramolecular Hbond substituents is 1. The van der Waals surface area contributed by atoms with Crippen molar-refractivity contribution in [2.24, 2.45) is 23.3 Å². The molecule has 3 aromatic carbocycles. The van der Waals surface area contributed by atoms with Crippen molar-refractivity contribution >= 4 is 29.2 Å². The number of rotatable bonds is 19. The molecular formula is C47H61N5O7. The average Bonchev–Trinajstić information content (AvgIpc) is 3.21. The highest BCUT2D eigenvalue weighted by molar-refractivity contribution is 6.01. The Morgan fingerprint density at radius 2 is 1.75 bits per heavy atom. The quantitative estimate of drug-likeness (QED) is 0.0768. The molecule has 59 heavy (non-hydrogen) atoms. The Kier molecular flexibility index (Phi) is 17.8. The number of nitrogens with zero attached hydrogens (tertiary/aromatic N) is 2. The van der Waals surface area contributed by atoms with E-state index in [0.717, 1.165) is 24.8 Å². The van der Waals surface area contributed by atoms with Crippen LogP contribution in [0.3, 0.4) is 0 Å². The molecule has 0 unspecified atom stereocenters. The van der Waals surface area contributed by atoms with Crippen LogP contribution in [-0.2, 0) is 32.0 Å². The molecular weight excluding hydrogens is 747 g/mol. The van der Waals surface area contributed by atoms with Crippen molar-refractivity contribution in [2.75, 3.05) is 26.7 Å². The summed E-state index contributed by atoms with van der Waals surface area (Å²) in [5, 5.41) is 23.2. The Hall–Kier alpha value is -5.38. The second kappa shape index (κ2) is 22.7. The molecule has 0 fully saturated rings. The van der Waals surface area contributed by atoms with Crippen LogP contribution in [0.25, 0.3) is 11.1 Å². The van der Waals surface area contributed by atoms with Crippen LogP contribution in [0.1, 0.15) is 117 Å². The molecule has 0 spiro atoms. The van der Waals surface area contributed by atoms with E-state index in [1.165, 1.54) is 42.8 Å². The number of unbranched alkanes of at least 4 members (excludes halogenated alkanes) is 4. The van der Waals surface area contributed by atoms with Crippen molar-refractivity contribution in [3.8, 4) is 28.7 Å². The number of nitrogens with one attached hydrogen (secondary N) is 1. The number of hydrogen-bond donors (Lipinski definition) is 4. The van der Waals surface area contributed by atoms with Crippen LogP contribution in [0, 0.1) is 30.1 Å². The molecule has 4 rings (SSSR count). The first-order valence-electron chi connectivity index (χ1n) is 20.9. The molecule has 3 aromatic rings. The van der Waals surface area contributed by atoms with Gasteiger partial charge >= 0.3 is 0 Å². The van der Waals surface area contributed by atoms with Gasteiger partial charge in [0.05, 0.1) is 12.1 Å². The third kappa shape index (κ3) is 12.6. The maximum atomic E-state index is 14.6. The van der Waals surface area contributed by atoms with Gasteiger partial charge in [0, 0.05) is 67.8 Å². The number of hydrogen-bond acceptors (Lipinski definition) is 10. The number of aryl methyl sites for hydroxylation is 2. The first kappa shape index (κ1) is 46.3. The smallest absolute Gasteiger partial charge is 0.226 e. The van der Waals surface area contributed by atoms with Crippen molar-refractivity contribution < 1.29 is 33.8 Å². The summed E-state index contributed by atoms with van der Waals surface area (Å²) in [7, 11) is 1.51. The van der Waals surface area contributed by atoms with E-state index >= 15 is 0 Å². The highest BCUT2D eigenvalue weighted by Gasteiger charge is 2.36. The maximum Gasteiger partial charge on any atom is 0.226 e. The predicted molar refractivity (Wildman–Crippen MR) is 228 cm³/mol. The lowest BCUT2D eigenvalue weighted by atomic mass is 9.87. The normalized spacial score (nSPS) is 17.3. The molecule has 4 bridgehead atoms. The van der Waals surface area contributed by atoms with E-state index in [1.807, 2.05) is 31.2 Å². The molecule has 0 aromatic heterocycles. The summed E-state index contributed by atoms with van der Waals surface area (Å²) >= 11 is 0. The highest BCUT2D eigenvalue weighted by Crippen LogP contribution is 2.40. The second-order valence-electron chi connectivity index (χ2n) is 15.8. The van der Waals surface area contributed by atoms with Gasteiger partial charge in [-0.1, -0.05) is 69.9 Å². The topological polar surface area (TPSA) is 206 Å². The van der Waals surface area contributed by atoms with E-state index in [2.05, 4.69) is 12.2 Å². The van der Waals surface area contributed by atoms with Crippen LogP contribution in [0.2, 0.25) is 0 Å². The minimum absolute atomic E-state index is 0.0291. The van der Waals surface area contributed by atoms with Crippen molar-refractivity contribution in [2.45, 2.75) is 110 Å². The lowest BCUT2D eigenvalue weighted by Crippen LogP contribution is -2.46. The lowest BCUT2D eigenvalue weighted by molar-refractivity contribution is -0.142. The largest absolute Gasteiger partial charge is 0.507 e. The minimum Gasteiger partial charge on any atom is -0.507 e. The Morgan fingerprint density at radius 1 is 0.983 bits per heavy atom. The standard InChI is InChI=1S/C47H61N5O7/c1-5-6-7-8-9-11-32-13-16-36(30(2)24-32)42(55)29-35(19-21-49)47(58)52(4)45-34-15-18-44(59-23-22-50)38(28-34)37-26-33(14-17-40(37)53)27-39(41(54)12-10-20-48)51-46(57)31(3)25-43(45)56/h13-18,24,26,28,31,35,39,45,53H,5-12,19,21-23,25,27,29,49-50H2,1-4H3,(H,51,57)/t31-,35-,39+,45+/m1/s1. The molecule has 0 saturated heterocycles. The van der Waals surface area contributed by atoms with E-state index in [1.54, 1.807) is 37.3 Å². The van der Waals surface area contributed by atoms with Crippen molar-refractivity contribution in [3.05, 3.63) is 82.4 Å². The van der Waals surface area contributed by atoms with Crippen LogP contribution in [-0.4, -0.2) is 72.0 Å². The number of benzene rings is 3. The molecule has 0 radical (unpaired) electrons. The number of nitrogens with two attached hydrogens (primary N) is 2. The van der Waals surface area contributed by atoms with Crippen LogP contribution in [0.4, 0.5) is 0 Å². The van der Waals surface area contributed by atoms with Gasteiger partial charge in [-0.25, -0.2) is 0 Å². The molecule has 0 saturated carbocycles. The SMILES string of the molecule is CCCCCCCc1ccc(C(=O)C[C@@H](CCN)C(=O)N(C)[C@@H]2C(=O)C[C@@H](C)C(=O)N[C@H](C(=O)CCC#N)Cc3ccc(O)c(c3)-c3cc2ccc3OCCN)c(C)c1. The van der Waals surface area contributed by atoms with Crippen LogP contribution < -0.4 is 21.5 Å². The summed E-state index contributed by atoms with van der Waals surface area (Å²) in [6.45, 7) is 6.17. The Morgan fingerprint density at radius 3 is 2.44 bits per heavy atom. The summed E-state index contributed by atoms with van der Waals surface area (Å²) in [4.78, 5) is 71.2. The van der Waals surface area contributed by atoms with Gasteiger partial charge in [0.15, 0.2) is 17.3 Å². The number of nitriles is 1. The molecule has 1 aliphatic heterocycles. The summed E-state index contributed by atoms with van der Waals surface area (Å²) in [5.74, 6) is -3.46. The number of ketones is 3. The van der Waals surface area contributed by atoms with E-state index in [-0.39, 0.29) is 75.5 Å². The van der Waals surface area contributed by atoms with Gasteiger partial charge in [-0.05, 0) is 85.7 Å². The lowest BCUT2D eigenvalue weighted by Gasteiger charge is -2.32. The number of likely N-dealkylation sites (N-methyl/N-ethyl adjacent to an activating group) is 1. The van der Waals surface area contributed by atoms with E-state index in [0.29, 0.717) is 33.6 Å². The second-order valence-corrected chi connectivity index (χ2v) is 15.8. The van der Waals surface area contributed by atoms with Gasteiger partial charge in [0.25, 0.3) is 0 Å². The molecule has 316 valence electrons. The first-order chi connectivity index (χ1) is 28.3. The number of carbonyl (C=O) groups is 5. The van der Waals surface area contributed by atoms with E-state index in [9.17, 15) is 29.1 Å². The molecule has 1 heterocycles. The number of fused-ring (bicyclic) bond motifs is 5. The molecule has 0 aliphatic carbocycles. The minimum atomic E-state index is -1.21. The number of Topliss-reactive ketones (excluding diaryl/α,β-unsaturated/α-hetero) is 3. The fourth-order valence-corrected chi connectivity index (χ4v) is 7.82. The average molecular weight is 808 g/mol. The summed E-state index contributed by atoms with van der Waals surface area (Å²) < 4.78 is 6.00. The van der Waals surface area contributed by atoms with Gasteiger partial charge in [0.2, 0.25) is 11.8 Å². The zero-order valence-electron chi connectivity index (χ0n) is 35.1. The van der Waals surface area contributed by atoms with Crippen molar-refractivity contribution in [3.63, 3.8) is 0 Å². The van der Waals surface area contributed by atoms with Crippen molar-refractivity contribution in [1.29, 1.82) is 5.26 Å². The highest BCUT2D eigenvalue weighted by atomic mass is 16.5. The summed E-state index contributed by atoms with van der Waals surface area (Å²) in [5.41, 5.74) is 16.1. The fourth-order valence-electron chi connectivity index (χ4n) is 7.82. The molecule has 6 N–H and O–H groups in total. The number of aromatic hydroxyl groups is 1. The predicted octanol–water partition coefficient (Wildman–Crippen LogP) is 6.46. The van der Waals surface area contributed by atoms with Gasteiger partial charge in [-0.2, -0.15) is 5.26 Å². The Labute approximate surface area is 348 Å². The van der Waals surface area contributed by atoms with Crippen molar-refractivity contribution in [1.82, 2.24) is 10.2 Å². The number of phenols is 1. The zero-order valence-corrected chi connectivity index (χ0v) is 35.1. The van der Waals surface area contributed by atoms with Gasteiger partial charge in [-0.3, -0.25) is 24.0 Å². The van der Waals surface area contributed by atoms with Crippen LogP contribution in [0.15, 0.2) is 54.6 Å². The molecule has 12 heteroatoms. The number of ether oxygens (including phenoxy) is 1. The number of amides is 2. The van der Waals surface area contributed by atoms with Crippen LogP contribution in [0.5, 0.6) is 11.5 Å². The number of carbonyl (C=O) groups excluding carboxylic acids is 5. The molecule has 2 amide bonds. The Balaban J connectivity index is 1.73. The van der Waals surface area contributed by atoms with E-state index in [4.69, 9.17) is 21.5 Å². The molecule has 1 aliphatic rings. The zero-order chi connectivity index (χ0) is 43.1. The third-order valence-electron chi connectivity index (χ3n) is 11.1. The van der Waals surface area contributed by atoms with Gasteiger partial charge in [-0.15, -0.1) is 0 Å². The summed E-state index contributed by atoms with van der Waals surface area (Å²) in [6, 6.07) is 15.4. The van der Waals surface area contributed by atoms with Gasteiger partial charge in [0.1, 0.15) is 24.1 Å². The third-order valence-corrected chi connectivity index (χ3v) is 11.1. The van der Waals surface area contributed by atoms with E-state index < -0.39 is 41.5 Å². The maximum absolute atomic E-state index is 14.6. The monoisotopic (exact) mass is 807 g/mol. The van der Waals surface area contributed by atoms with Crippen LogP contribution >= 0.6 is 0 Å². The Bertz CT molecular complexity index is 2010. The molecule has 4 atom stereocenters. The van der Waals surface area contributed by atoms with Gasteiger partial charge < -0.3 is 31.5 Å². The molecule has 12 nitrogen and oxygen atoms in total.